The molecule has 3 aromatic carbocycles. The maximum absolute atomic E-state index is 14.4. The summed E-state index contributed by atoms with van der Waals surface area (Å²) in [5, 5.41) is 25.5. The summed E-state index contributed by atoms with van der Waals surface area (Å²) in [7, 11) is 0. The Bertz CT molecular complexity index is 1260. The lowest BCUT2D eigenvalue weighted by molar-refractivity contribution is 0.403. The molecule has 0 saturated carbocycles. The van der Waals surface area contributed by atoms with Gasteiger partial charge in [0.15, 0.2) is 11.5 Å². The molecule has 0 aliphatic heterocycles. The summed E-state index contributed by atoms with van der Waals surface area (Å²) in [6.45, 7) is 0.466. The molecular formula is C23H18FN3O2S. The number of phenolic OH excluding ortho intramolecular Hbond substituents is 2. The number of aromatic nitrogens is 1. The normalized spacial score (nSPS) is 12.0. The number of benzene rings is 3. The van der Waals surface area contributed by atoms with Crippen LogP contribution < -0.4 is 4.80 Å². The van der Waals surface area contributed by atoms with E-state index in [9.17, 15) is 14.6 Å². The Balaban J connectivity index is 1.78. The van der Waals surface area contributed by atoms with E-state index in [1.807, 2.05) is 35.7 Å². The number of rotatable bonds is 5. The van der Waals surface area contributed by atoms with Gasteiger partial charge in [-0.1, -0.05) is 42.5 Å². The quantitative estimate of drug-likeness (QED) is 0.362. The zero-order valence-electron chi connectivity index (χ0n) is 15.8. The van der Waals surface area contributed by atoms with Crippen LogP contribution in [0.15, 0.2) is 88.3 Å². The van der Waals surface area contributed by atoms with E-state index in [2.05, 4.69) is 10.1 Å². The SMILES string of the molecule is Oc1ccc(C=Nn2c(-c3ccccc3F)csc2=NCc2ccccc2)cc1O. The summed E-state index contributed by atoms with van der Waals surface area (Å²) < 4.78 is 16.0. The molecule has 1 heterocycles. The van der Waals surface area contributed by atoms with E-state index in [-0.39, 0.29) is 17.3 Å². The number of aromatic hydroxyl groups is 2. The molecule has 1 aromatic heterocycles. The van der Waals surface area contributed by atoms with Gasteiger partial charge in [0.05, 0.1) is 18.5 Å². The van der Waals surface area contributed by atoms with Crippen LogP contribution in [-0.2, 0) is 6.54 Å². The summed E-state index contributed by atoms with van der Waals surface area (Å²) in [4.78, 5) is 5.26. The van der Waals surface area contributed by atoms with Crippen LogP contribution in [0.1, 0.15) is 11.1 Å². The molecule has 0 saturated heterocycles. The molecule has 0 fully saturated rings. The van der Waals surface area contributed by atoms with Crippen LogP contribution in [0.25, 0.3) is 11.3 Å². The Morgan fingerprint density at radius 3 is 2.47 bits per heavy atom. The van der Waals surface area contributed by atoms with Crippen LogP contribution in [0.3, 0.4) is 0 Å². The van der Waals surface area contributed by atoms with Crippen molar-refractivity contribution < 1.29 is 14.6 Å². The molecule has 0 aliphatic rings. The van der Waals surface area contributed by atoms with E-state index < -0.39 is 0 Å². The minimum absolute atomic E-state index is 0.207. The Kier molecular flexibility index (Phi) is 5.72. The van der Waals surface area contributed by atoms with Crippen molar-refractivity contribution in [2.45, 2.75) is 6.54 Å². The third-order valence-electron chi connectivity index (χ3n) is 4.40. The van der Waals surface area contributed by atoms with Gasteiger partial charge in [0.25, 0.3) is 0 Å². The van der Waals surface area contributed by atoms with Crippen LogP contribution in [-0.4, -0.2) is 21.1 Å². The third-order valence-corrected chi connectivity index (χ3v) is 5.25. The second-order valence-corrected chi connectivity index (χ2v) is 7.33. The number of nitrogens with zero attached hydrogens (tertiary/aromatic N) is 3. The van der Waals surface area contributed by atoms with Crippen molar-refractivity contribution in [3.8, 4) is 22.8 Å². The molecule has 0 spiro atoms. The zero-order valence-corrected chi connectivity index (χ0v) is 16.6. The Morgan fingerprint density at radius 1 is 0.933 bits per heavy atom. The molecule has 7 heteroatoms. The minimum Gasteiger partial charge on any atom is -0.504 e. The summed E-state index contributed by atoms with van der Waals surface area (Å²) in [6.07, 6.45) is 1.53. The van der Waals surface area contributed by atoms with Gasteiger partial charge in [-0.25, -0.2) is 9.07 Å². The predicted molar refractivity (Wildman–Crippen MR) is 116 cm³/mol. The van der Waals surface area contributed by atoms with Crippen LogP contribution in [0.4, 0.5) is 4.39 Å². The van der Waals surface area contributed by atoms with Gasteiger partial charge in [-0.3, -0.25) is 4.99 Å². The number of hydrogen-bond donors (Lipinski definition) is 2. The van der Waals surface area contributed by atoms with Crippen LogP contribution in [0, 0.1) is 5.82 Å². The molecule has 0 aliphatic carbocycles. The van der Waals surface area contributed by atoms with Crippen molar-refractivity contribution in [1.29, 1.82) is 0 Å². The molecule has 0 radical (unpaired) electrons. The summed E-state index contributed by atoms with van der Waals surface area (Å²) in [5.74, 6) is -0.797. The van der Waals surface area contributed by atoms with Gasteiger partial charge < -0.3 is 10.2 Å². The van der Waals surface area contributed by atoms with Crippen LogP contribution in [0.5, 0.6) is 11.5 Å². The first-order valence-electron chi connectivity index (χ1n) is 9.18. The average Bonchev–Trinajstić information content (AvgIpc) is 3.16. The summed E-state index contributed by atoms with van der Waals surface area (Å²) in [5.41, 5.74) is 2.62. The molecule has 2 N–H and O–H groups in total. The van der Waals surface area contributed by atoms with E-state index in [0.717, 1.165) is 5.56 Å². The van der Waals surface area contributed by atoms with E-state index in [1.165, 1.54) is 35.8 Å². The Hall–Kier alpha value is -3.71. The molecule has 4 aromatic rings. The van der Waals surface area contributed by atoms with E-state index in [0.29, 0.717) is 28.2 Å². The fourth-order valence-electron chi connectivity index (χ4n) is 2.86. The van der Waals surface area contributed by atoms with Gasteiger partial charge in [-0.05, 0) is 41.5 Å². The number of hydrogen-bond acceptors (Lipinski definition) is 5. The van der Waals surface area contributed by atoms with Crippen LogP contribution in [0.2, 0.25) is 0 Å². The predicted octanol–water partition coefficient (Wildman–Crippen LogP) is 4.75. The first kappa shape index (κ1) is 19.6. The smallest absolute Gasteiger partial charge is 0.206 e. The monoisotopic (exact) mass is 419 g/mol. The van der Waals surface area contributed by atoms with Gasteiger partial charge in [-0.2, -0.15) is 5.10 Å². The molecule has 150 valence electrons. The van der Waals surface area contributed by atoms with Crippen molar-refractivity contribution in [2.24, 2.45) is 10.1 Å². The fourth-order valence-corrected chi connectivity index (χ4v) is 3.69. The average molecular weight is 419 g/mol. The Labute approximate surface area is 176 Å². The summed E-state index contributed by atoms with van der Waals surface area (Å²) >= 11 is 1.37. The van der Waals surface area contributed by atoms with Crippen molar-refractivity contribution >= 4 is 17.6 Å². The van der Waals surface area contributed by atoms with Gasteiger partial charge in [0.2, 0.25) is 4.80 Å². The van der Waals surface area contributed by atoms with Crippen LogP contribution >= 0.6 is 11.3 Å². The van der Waals surface area contributed by atoms with Gasteiger partial charge in [0, 0.05) is 10.9 Å². The maximum atomic E-state index is 14.4. The fraction of sp³-hybridized carbons (Fsp3) is 0.0435. The highest BCUT2D eigenvalue weighted by Gasteiger charge is 2.11. The minimum atomic E-state index is -0.351. The Morgan fingerprint density at radius 2 is 1.70 bits per heavy atom. The van der Waals surface area contributed by atoms with Crippen molar-refractivity contribution in [2.75, 3.05) is 0 Å². The molecule has 0 bridgehead atoms. The molecule has 0 unspecified atom stereocenters. The first-order chi connectivity index (χ1) is 14.6. The molecule has 0 atom stereocenters. The largest absolute Gasteiger partial charge is 0.504 e. The lowest BCUT2D eigenvalue weighted by Gasteiger charge is -2.05. The molecule has 0 amide bonds. The number of phenols is 2. The van der Waals surface area contributed by atoms with Gasteiger partial charge >= 0.3 is 0 Å². The molecule has 30 heavy (non-hydrogen) atoms. The number of thiazole rings is 1. The standard InChI is InChI=1S/C23H18FN3O2S/c24-19-9-5-4-8-18(19)20-15-30-23(25-13-16-6-2-1-3-7-16)27(20)26-14-17-10-11-21(28)22(29)12-17/h1-12,14-15,28-29H,13H2. The van der Waals surface area contributed by atoms with Crippen molar-refractivity contribution in [1.82, 2.24) is 4.68 Å². The number of halogens is 1. The van der Waals surface area contributed by atoms with Gasteiger partial charge in [-0.15, -0.1) is 11.3 Å². The molecule has 5 nitrogen and oxygen atoms in total. The van der Waals surface area contributed by atoms with Gasteiger partial charge in [0.1, 0.15) is 5.82 Å². The highest BCUT2D eigenvalue weighted by atomic mass is 32.1. The lowest BCUT2D eigenvalue weighted by Crippen LogP contribution is -2.12. The molecular weight excluding hydrogens is 401 g/mol. The maximum Gasteiger partial charge on any atom is 0.206 e. The highest BCUT2D eigenvalue weighted by molar-refractivity contribution is 7.07. The van der Waals surface area contributed by atoms with E-state index in [4.69, 9.17) is 0 Å². The topological polar surface area (TPSA) is 70.1 Å². The first-order valence-corrected chi connectivity index (χ1v) is 10.1. The van der Waals surface area contributed by atoms with Crippen molar-refractivity contribution in [3.05, 3.63) is 99.9 Å². The lowest BCUT2D eigenvalue weighted by atomic mass is 10.1. The summed E-state index contributed by atoms with van der Waals surface area (Å²) in [6, 6.07) is 20.7. The third kappa shape index (κ3) is 4.31. The highest BCUT2D eigenvalue weighted by Crippen LogP contribution is 2.25. The molecule has 4 rings (SSSR count). The van der Waals surface area contributed by atoms with E-state index >= 15 is 0 Å². The zero-order chi connectivity index (χ0) is 20.9. The second-order valence-electron chi connectivity index (χ2n) is 6.49. The second kappa shape index (κ2) is 8.75. The van der Waals surface area contributed by atoms with E-state index in [1.54, 1.807) is 28.9 Å². The van der Waals surface area contributed by atoms with Crippen molar-refractivity contribution in [3.63, 3.8) is 0 Å².